The summed E-state index contributed by atoms with van der Waals surface area (Å²) in [4.78, 5) is 48.4. The lowest BCUT2D eigenvalue weighted by Gasteiger charge is -2.37. The molecule has 2 saturated heterocycles. The molecule has 296 valence electrons. The maximum Gasteiger partial charge on any atom is 0.341 e. The predicted octanol–water partition coefficient (Wildman–Crippen LogP) is 8.91. The summed E-state index contributed by atoms with van der Waals surface area (Å²) < 4.78 is 9.25. The first-order valence-electron chi connectivity index (χ1n) is 20.4. The van der Waals surface area contributed by atoms with Crippen LogP contribution in [0.15, 0.2) is 85.2 Å². The van der Waals surface area contributed by atoms with Gasteiger partial charge in [-0.1, -0.05) is 52.0 Å². The number of aromatic carboxylic acids is 1. The van der Waals surface area contributed by atoms with Crippen molar-refractivity contribution in [3.05, 3.63) is 96.3 Å². The van der Waals surface area contributed by atoms with E-state index in [0.717, 1.165) is 81.7 Å². The molecular formula is C46H48N8O4. The molecule has 0 spiro atoms. The Labute approximate surface area is 336 Å². The van der Waals surface area contributed by atoms with E-state index >= 15 is 0 Å². The fourth-order valence-corrected chi connectivity index (χ4v) is 9.59. The molecule has 2 aliphatic rings. The highest BCUT2D eigenvalue weighted by atomic mass is 16.5. The minimum Gasteiger partial charge on any atom is -0.478 e. The zero-order chi connectivity index (χ0) is 40.2. The van der Waals surface area contributed by atoms with Gasteiger partial charge in [-0.15, -0.1) is 0 Å². The minimum atomic E-state index is -0.975. The number of para-hydroxylation sites is 4. The topological polar surface area (TPSA) is 130 Å². The summed E-state index contributed by atoms with van der Waals surface area (Å²) >= 11 is 0. The second-order valence-corrected chi connectivity index (χ2v) is 16.5. The summed E-state index contributed by atoms with van der Waals surface area (Å²) in [6.07, 6.45) is 6.14. The molecule has 0 aliphatic carbocycles. The van der Waals surface area contributed by atoms with Gasteiger partial charge in [0.15, 0.2) is 11.3 Å². The van der Waals surface area contributed by atoms with Gasteiger partial charge in [-0.2, -0.15) is 0 Å². The number of pyridine rings is 4. The Balaban J connectivity index is 0.000000151. The number of carboxylic acid groups (broad SMARTS) is 1. The lowest BCUT2D eigenvalue weighted by Crippen LogP contribution is -2.38. The van der Waals surface area contributed by atoms with Crippen LogP contribution in [0.25, 0.3) is 55.4 Å². The number of esters is 1. The smallest absolute Gasteiger partial charge is 0.341 e. The van der Waals surface area contributed by atoms with Crippen LogP contribution >= 0.6 is 0 Å². The fourth-order valence-electron chi connectivity index (χ4n) is 9.59. The number of hydrogen-bond donors (Lipinski definition) is 1. The van der Waals surface area contributed by atoms with Crippen molar-refractivity contribution in [2.45, 2.75) is 47.5 Å². The van der Waals surface area contributed by atoms with Crippen LogP contribution in [-0.4, -0.2) is 78.6 Å². The van der Waals surface area contributed by atoms with Crippen LogP contribution < -0.4 is 9.80 Å². The van der Waals surface area contributed by atoms with E-state index in [2.05, 4.69) is 53.5 Å². The van der Waals surface area contributed by atoms with E-state index in [1.165, 1.54) is 12.8 Å². The van der Waals surface area contributed by atoms with Crippen molar-refractivity contribution in [2.75, 3.05) is 42.6 Å². The van der Waals surface area contributed by atoms with E-state index in [1.54, 1.807) is 6.07 Å². The molecule has 12 nitrogen and oxygen atoms in total. The lowest BCUT2D eigenvalue weighted by molar-refractivity contribution is 0.0527. The molecule has 4 atom stereocenters. The lowest BCUT2D eigenvalue weighted by atomic mass is 9.91. The number of rotatable bonds is 5. The van der Waals surface area contributed by atoms with Crippen molar-refractivity contribution in [3.63, 3.8) is 0 Å². The number of carbonyl (C=O) groups is 2. The zero-order valence-electron chi connectivity index (χ0n) is 33.6. The largest absolute Gasteiger partial charge is 0.478 e. The summed E-state index contributed by atoms with van der Waals surface area (Å²) in [6, 6.07) is 23.3. The highest BCUT2D eigenvalue weighted by Gasteiger charge is 2.28. The maximum atomic E-state index is 12.9. The Morgan fingerprint density at radius 3 is 1.52 bits per heavy atom. The van der Waals surface area contributed by atoms with E-state index in [9.17, 15) is 14.7 Å². The van der Waals surface area contributed by atoms with Gasteiger partial charge in [0, 0.05) is 60.7 Å². The van der Waals surface area contributed by atoms with Gasteiger partial charge in [-0.05, 0) is 92.0 Å². The molecule has 0 radical (unpaired) electrons. The number of aromatic nitrogens is 6. The van der Waals surface area contributed by atoms with Gasteiger partial charge in [-0.25, -0.2) is 29.5 Å². The van der Waals surface area contributed by atoms with Crippen LogP contribution in [-0.2, 0) is 4.74 Å². The van der Waals surface area contributed by atoms with Crippen LogP contribution in [0.3, 0.4) is 0 Å². The Bertz CT molecular complexity index is 2860. The fraction of sp³-hybridized carbons (Fsp3) is 0.348. The molecule has 0 unspecified atom stereocenters. The number of imidazole rings is 2. The highest BCUT2D eigenvalue weighted by Crippen LogP contribution is 2.36. The third kappa shape index (κ3) is 6.50. The van der Waals surface area contributed by atoms with Crippen LogP contribution in [0.1, 0.15) is 68.2 Å². The second-order valence-electron chi connectivity index (χ2n) is 16.5. The first-order valence-corrected chi connectivity index (χ1v) is 20.4. The van der Waals surface area contributed by atoms with Gasteiger partial charge in [0.1, 0.15) is 22.4 Å². The number of hydrogen-bond acceptors (Lipinski definition) is 9. The molecule has 10 rings (SSSR count). The van der Waals surface area contributed by atoms with E-state index < -0.39 is 5.97 Å². The SMILES string of the molecule is CCOC(=O)c1cc2c(N3C[C@H](C)C[C@H](C)C3)ccnc2n2c1nc1ccccc12.C[C@@H]1C[C@H](C)CN(c2ccnc3c2cc(C(=O)O)c2nc4ccccc4n23)C1. The molecular weight excluding hydrogens is 729 g/mol. The number of benzene rings is 2. The third-order valence-corrected chi connectivity index (χ3v) is 11.6. The third-order valence-electron chi connectivity index (χ3n) is 11.6. The number of fused-ring (bicyclic) bond motifs is 10. The Kier molecular flexibility index (Phi) is 9.57. The first-order chi connectivity index (χ1) is 28.1. The van der Waals surface area contributed by atoms with Crippen molar-refractivity contribution in [2.24, 2.45) is 23.7 Å². The van der Waals surface area contributed by atoms with Gasteiger partial charge in [0.05, 0.1) is 28.7 Å². The molecule has 0 amide bonds. The predicted molar refractivity (Wildman–Crippen MR) is 229 cm³/mol. The van der Waals surface area contributed by atoms with E-state index in [0.29, 0.717) is 47.1 Å². The van der Waals surface area contributed by atoms with Crippen LogP contribution in [0.5, 0.6) is 0 Å². The average molecular weight is 777 g/mol. The van der Waals surface area contributed by atoms with Gasteiger partial charge in [-0.3, -0.25) is 8.80 Å². The first kappa shape index (κ1) is 37.3. The van der Waals surface area contributed by atoms with Crippen molar-refractivity contribution >= 4 is 78.7 Å². The van der Waals surface area contributed by atoms with E-state index in [4.69, 9.17) is 14.7 Å². The summed E-state index contributed by atoms with van der Waals surface area (Å²) in [7, 11) is 0. The van der Waals surface area contributed by atoms with E-state index in [1.807, 2.05) is 88.8 Å². The molecule has 1 N–H and O–H groups in total. The molecule has 12 heteroatoms. The number of piperidine rings is 2. The monoisotopic (exact) mass is 776 g/mol. The van der Waals surface area contributed by atoms with Crippen molar-refractivity contribution in [1.82, 2.24) is 28.7 Å². The van der Waals surface area contributed by atoms with Crippen molar-refractivity contribution in [3.8, 4) is 0 Å². The Morgan fingerprint density at radius 2 is 1.07 bits per heavy atom. The molecule has 58 heavy (non-hydrogen) atoms. The van der Waals surface area contributed by atoms with Crippen LogP contribution in [0, 0.1) is 23.7 Å². The number of ether oxygens (including phenoxy) is 1. The van der Waals surface area contributed by atoms with E-state index in [-0.39, 0.29) is 11.5 Å². The number of carboxylic acids is 1. The molecule has 6 aromatic heterocycles. The standard InChI is InChI=1S/C24H26N4O2.C22H22N4O2/c1-4-30-24(29)18-12-17-20(27-13-15(2)11-16(3)14-27)9-10-25-22(17)28-21-8-6-5-7-19(21)26-23(18)28;1-13-9-14(2)12-25(11-13)18-7-8-23-20-15(18)10-16(22(27)28)21-24-17-5-3-4-6-19(17)26(20)21/h5-10,12,15-16H,4,11,13-14H2,1-3H3;3-8,10,13-14H,9,11-12H2,1-2H3,(H,27,28)/t15-,16+;13-,14+. The van der Waals surface area contributed by atoms with Crippen molar-refractivity contribution in [1.29, 1.82) is 0 Å². The molecule has 0 bridgehead atoms. The second kappa shape index (κ2) is 14.9. The van der Waals surface area contributed by atoms with Gasteiger partial charge in [0.25, 0.3) is 0 Å². The number of carbonyl (C=O) groups excluding carboxylic acids is 1. The molecule has 0 saturated carbocycles. The Morgan fingerprint density at radius 1 is 0.638 bits per heavy atom. The van der Waals surface area contributed by atoms with Gasteiger partial charge in [0.2, 0.25) is 0 Å². The van der Waals surface area contributed by atoms with Gasteiger partial charge >= 0.3 is 11.9 Å². The maximum absolute atomic E-state index is 12.9. The quantitative estimate of drug-likeness (QED) is 0.169. The van der Waals surface area contributed by atoms with Gasteiger partial charge < -0.3 is 19.6 Å². The zero-order valence-corrected chi connectivity index (χ0v) is 33.6. The van der Waals surface area contributed by atoms with Crippen molar-refractivity contribution < 1.29 is 19.4 Å². The normalized spacial score (nSPS) is 19.9. The summed E-state index contributed by atoms with van der Waals surface area (Å²) in [5.41, 5.74) is 8.85. The highest BCUT2D eigenvalue weighted by molar-refractivity contribution is 6.06. The van der Waals surface area contributed by atoms with Crippen LogP contribution in [0.2, 0.25) is 0 Å². The summed E-state index contributed by atoms with van der Waals surface area (Å²) in [5, 5.41) is 11.7. The summed E-state index contributed by atoms with van der Waals surface area (Å²) in [6.45, 7) is 15.2. The molecule has 2 aromatic carbocycles. The van der Waals surface area contributed by atoms with Crippen LogP contribution in [0.4, 0.5) is 11.4 Å². The molecule has 8 heterocycles. The molecule has 2 fully saturated rings. The number of nitrogens with zero attached hydrogens (tertiary/aromatic N) is 8. The Hall–Kier alpha value is -6.30. The molecule has 8 aromatic rings. The number of anilines is 2. The minimum absolute atomic E-state index is 0.205. The molecule has 2 aliphatic heterocycles. The summed E-state index contributed by atoms with van der Waals surface area (Å²) in [5.74, 6) is 1.12. The average Bonchev–Trinajstić information content (AvgIpc) is 3.79.